The predicted molar refractivity (Wildman–Crippen MR) is 111 cm³/mol. The zero-order valence-corrected chi connectivity index (χ0v) is 17.6. The molecule has 1 aromatic heterocycles. The van der Waals surface area contributed by atoms with Crippen LogP contribution in [0, 0.1) is 0 Å². The molecule has 6 nitrogen and oxygen atoms in total. The number of carbonyl (C=O) groups is 2. The molecule has 1 heterocycles. The Hall–Kier alpha value is -2.92. The first-order valence-electron chi connectivity index (χ1n) is 8.72. The summed E-state index contributed by atoms with van der Waals surface area (Å²) in [4.78, 5) is 26.5. The minimum Gasteiger partial charge on any atom is -0.293 e. The molecule has 162 valence electrons. The fourth-order valence-corrected chi connectivity index (χ4v) is 4.19. The first kappa shape index (κ1) is 22.8. The number of hydrogen-bond donors (Lipinski definition) is 1. The molecule has 0 radical (unpaired) electrons. The highest BCUT2D eigenvalue weighted by Gasteiger charge is 2.31. The number of thioether (sulfide) groups is 1. The van der Waals surface area contributed by atoms with Crippen molar-refractivity contribution in [3.05, 3.63) is 65.9 Å². The second-order valence-electron chi connectivity index (χ2n) is 6.46. The van der Waals surface area contributed by atoms with Crippen LogP contribution in [0.4, 0.5) is 18.9 Å². The number of ketones is 1. The van der Waals surface area contributed by atoms with Gasteiger partial charge in [-0.05, 0) is 42.5 Å². The van der Waals surface area contributed by atoms with Crippen LogP contribution in [0.15, 0.2) is 59.6 Å². The van der Waals surface area contributed by atoms with Crippen LogP contribution in [0.3, 0.4) is 0 Å². The molecule has 1 N–H and O–H groups in total. The third kappa shape index (κ3) is 5.61. The zero-order valence-electron chi connectivity index (χ0n) is 15.9. The van der Waals surface area contributed by atoms with E-state index in [-0.39, 0.29) is 38.1 Å². The van der Waals surface area contributed by atoms with Crippen molar-refractivity contribution >= 4 is 49.3 Å². The number of rotatable bonds is 6. The fraction of sp³-hybridized carbons (Fsp3) is 0.150. The largest absolute Gasteiger partial charge is 0.417 e. The third-order valence-corrected chi connectivity index (χ3v) is 6.35. The Morgan fingerprint density at radius 2 is 1.74 bits per heavy atom. The number of alkyl halides is 3. The fourth-order valence-electron chi connectivity index (χ4n) is 2.61. The van der Waals surface area contributed by atoms with Crippen molar-refractivity contribution in [1.82, 2.24) is 4.98 Å². The van der Waals surface area contributed by atoms with Crippen molar-refractivity contribution in [2.45, 2.75) is 18.0 Å². The van der Waals surface area contributed by atoms with Gasteiger partial charge < -0.3 is 0 Å². The van der Waals surface area contributed by atoms with Crippen LogP contribution in [0.1, 0.15) is 22.8 Å². The summed E-state index contributed by atoms with van der Waals surface area (Å²) in [7, 11) is -4.04. The SMILES string of the molecule is CC(=O)SCC(=O)c1ccc(NS(=O)(=O)c2ccc3cc(C(F)(F)F)cnc3c2)cc1. The molecule has 0 amide bonds. The van der Waals surface area contributed by atoms with Gasteiger partial charge in [-0.2, -0.15) is 13.2 Å². The van der Waals surface area contributed by atoms with Crippen molar-refractivity contribution in [3.8, 4) is 0 Å². The Kier molecular flexibility index (Phi) is 6.37. The summed E-state index contributed by atoms with van der Waals surface area (Å²) in [6.07, 6.45) is -3.90. The summed E-state index contributed by atoms with van der Waals surface area (Å²) >= 11 is 0.880. The van der Waals surface area contributed by atoms with E-state index in [0.717, 1.165) is 17.8 Å². The topological polar surface area (TPSA) is 93.2 Å². The van der Waals surface area contributed by atoms with Crippen LogP contribution in [0.2, 0.25) is 0 Å². The zero-order chi connectivity index (χ0) is 22.8. The van der Waals surface area contributed by atoms with Crippen LogP contribution >= 0.6 is 11.8 Å². The number of fused-ring (bicyclic) bond motifs is 1. The Morgan fingerprint density at radius 3 is 2.35 bits per heavy atom. The molecule has 2 aromatic carbocycles. The second-order valence-corrected chi connectivity index (χ2v) is 9.30. The Balaban J connectivity index is 1.79. The van der Waals surface area contributed by atoms with Crippen molar-refractivity contribution in [2.24, 2.45) is 0 Å². The number of pyridine rings is 1. The highest BCUT2D eigenvalue weighted by Crippen LogP contribution is 2.31. The van der Waals surface area contributed by atoms with Crippen LogP contribution in [-0.4, -0.2) is 30.1 Å². The van der Waals surface area contributed by atoms with Crippen LogP contribution in [-0.2, 0) is 21.0 Å². The molecular weight excluding hydrogens is 453 g/mol. The van der Waals surface area contributed by atoms with E-state index >= 15 is 0 Å². The standard InChI is InChI=1S/C20H15F3N2O4S2/c1-12(26)30-11-19(27)13-2-5-16(6-3-13)25-31(28,29)17-7-4-14-8-15(20(21,22)23)10-24-18(14)9-17/h2-10,25H,11H2,1H3. The van der Waals surface area contributed by atoms with Crippen molar-refractivity contribution < 1.29 is 31.2 Å². The summed E-state index contributed by atoms with van der Waals surface area (Å²) in [5.41, 5.74) is -0.312. The van der Waals surface area contributed by atoms with Gasteiger partial charge in [0.05, 0.1) is 21.7 Å². The van der Waals surface area contributed by atoms with E-state index in [4.69, 9.17) is 0 Å². The molecule has 0 saturated carbocycles. The highest BCUT2D eigenvalue weighted by atomic mass is 32.2. The molecule has 0 saturated heterocycles. The number of carbonyl (C=O) groups excluding carboxylic acids is 2. The van der Waals surface area contributed by atoms with E-state index < -0.39 is 21.8 Å². The quantitative estimate of drug-likeness (QED) is 0.535. The normalized spacial score (nSPS) is 12.0. The van der Waals surface area contributed by atoms with Crippen molar-refractivity contribution in [1.29, 1.82) is 0 Å². The molecule has 0 aliphatic carbocycles. The van der Waals surface area contributed by atoms with E-state index in [1.54, 1.807) is 0 Å². The lowest BCUT2D eigenvalue weighted by atomic mass is 10.1. The molecule has 3 rings (SSSR count). The van der Waals surface area contributed by atoms with E-state index in [0.29, 0.717) is 11.8 Å². The number of anilines is 1. The van der Waals surface area contributed by atoms with Crippen molar-refractivity contribution in [3.63, 3.8) is 0 Å². The molecule has 0 aliphatic heterocycles. The molecule has 31 heavy (non-hydrogen) atoms. The molecule has 3 aromatic rings. The number of benzene rings is 2. The lowest BCUT2D eigenvalue weighted by Crippen LogP contribution is -2.13. The summed E-state index contributed by atoms with van der Waals surface area (Å²) in [5, 5.41) is -0.0303. The van der Waals surface area contributed by atoms with E-state index in [2.05, 4.69) is 9.71 Å². The molecule has 0 unspecified atom stereocenters. The van der Waals surface area contributed by atoms with Gasteiger partial charge in [-0.1, -0.05) is 17.8 Å². The van der Waals surface area contributed by atoms with Crippen molar-refractivity contribution in [2.75, 3.05) is 10.5 Å². The highest BCUT2D eigenvalue weighted by molar-refractivity contribution is 8.14. The Labute approximate surface area is 179 Å². The molecule has 11 heteroatoms. The number of hydrogen-bond acceptors (Lipinski definition) is 6. The van der Waals surface area contributed by atoms with E-state index in [9.17, 15) is 31.2 Å². The number of sulfonamides is 1. The van der Waals surface area contributed by atoms with Crippen LogP contribution in [0.25, 0.3) is 10.9 Å². The van der Waals surface area contributed by atoms with Crippen LogP contribution in [0.5, 0.6) is 0 Å². The number of halogens is 3. The molecule has 0 aliphatic rings. The smallest absolute Gasteiger partial charge is 0.293 e. The van der Waals surface area contributed by atoms with E-state index in [1.807, 2.05) is 0 Å². The van der Waals surface area contributed by atoms with Crippen LogP contribution < -0.4 is 4.72 Å². The number of nitrogens with one attached hydrogen (secondary N) is 1. The summed E-state index contributed by atoms with van der Waals surface area (Å²) in [6, 6.07) is 10.2. The maximum atomic E-state index is 12.8. The molecule has 0 bridgehead atoms. The van der Waals surface area contributed by atoms with Gasteiger partial charge in [0, 0.05) is 29.8 Å². The van der Waals surface area contributed by atoms with Gasteiger partial charge in [-0.3, -0.25) is 19.3 Å². The van der Waals surface area contributed by atoms with Gasteiger partial charge in [-0.25, -0.2) is 8.42 Å². The van der Waals surface area contributed by atoms with E-state index in [1.165, 1.54) is 49.4 Å². The average Bonchev–Trinajstić information content (AvgIpc) is 2.70. The summed E-state index contributed by atoms with van der Waals surface area (Å²) < 4.78 is 66.0. The van der Waals surface area contributed by atoms with Gasteiger partial charge in [0.15, 0.2) is 10.9 Å². The number of nitrogens with zero attached hydrogens (tertiary/aromatic N) is 1. The second kappa shape index (κ2) is 8.67. The number of Topliss-reactive ketones (excluding diaryl/α,β-unsaturated/α-hetero) is 1. The maximum absolute atomic E-state index is 12.8. The first-order chi connectivity index (χ1) is 14.5. The third-order valence-electron chi connectivity index (χ3n) is 4.16. The van der Waals surface area contributed by atoms with Gasteiger partial charge in [0.2, 0.25) is 0 Å². The summed E-state index contributed by atoms with van der Waals surface area (Å²) in [5.74, 6) is -0.283. The Bertz CT molecular complexity index is 1260. The average molecular weight is 468 g/mol. The van der Waals surface area contributed by atoms with Gasteiger partial charge in [-0.15, -0.1) is 0 Å². The summed E-state index contributed by atoms with van der Waals surface area (Å²) in [6.45, 7) is 1.35. The van der Waals surface area contributed by atoms with Gasteiger partial charge in [0.1, 0.15) is 0 Å². The molecule has 0 atom stereocenters. The molecule has 0 spiro atoms. The predicted octanol–water partition coefficient (Wildman–Crippen LogP) is 4.52. The lowest BCUT2D eigenvalue weighted by Gasteiger charge is -2.10. The Morgan fingerprint density at radius 1 is 1.06 bits per heavy atom. The minimum absolute atomic E-state index is 0.0133. The first-order valence-corrected chi connectivity index (χ1v) is 11.2. The molecule has 0 fully saturated rings. The molecular formula is C20H15F3N2O4S2. The van der Waals surface area contributed by atoms with Gasteiger partial charge >= 0.3 is 6.18 Å². The minimum atomic E-state index is -4.55. The lowest BCUT2D eigenvalue weighted by molar-refractivity contribution is -0.137. The number of aromatic nitrogens is 1. The maximum Gasteiger partial charge on any atom is 0.417 e. The monoisotopic (exact) mass is 468 g/mol. The van der Waals surface area contributed by atoms with Gasteiger partial charge in [0.25, 0.3) is 10.0 Å².